The van der Waals surface area contributed by atoms with Gasteiger partial charge in [-0.25, -0.2) is 0 Å². The van der Waals surface area contributed by atoms with Gasteiger partial charge in [-0.05, 0) is 114 Å². The molecular weight excluding hydrogens is 887 g/mol. The average Bonchev–Trinajstić information content (AvgIpc) is 3.79. The van der Waals surface area contributed by atoms with Gasteiger partial charge in [0.2, 0.25) is 0 Å². The molecule has 0 fully saturated rings. The molecule has 2 nitrogen and oxygen atoms in total. The summed E-state index contributed by atoms with van der Waals surface area (Å²) in [5.41, 5.74) is 9.82. The first kappa shape index (κ1) is 40.2. The van der Waals surface area contributed by atoms with Crippen LogP contribution in [0, 0.1) is 0 Å². The van der Waals surface area contributed by atoms with E-state index in [-0.39, 0.29) is 0 Å². The monoisotopic (exact) mass is 928 g/mol. The molecule has 0 N–H and O–H groups in total. The zero-order valence-electron chi connectivity index (χ0n) is 37.5. The van der Waals surface area contributed by atoms with Gasteiger partial charge in [-0.2, -0.15) is 0 Å². The smallest absolute Gasteiger partial charge is 0.181 e. The minimum atomic E-state index is -2.73. The first-order valence-electron chi connectivity index (χ1n) is 23.6. The second kappa shape index (κ2) is 16.1. The number of para-hydroxylation sites is 1. The lowest BCUT2D eigenvalue weighted by molar-refractivity contribution is 0.669. The molecule has 1 aromatic heterocycles. The van der Waals surface area contributed by atoms with Crippen molar-refractivity contribution < 1.29 is 4.42 Å². The van der Waals surface area contributed by atoms with Gasteiger partial charge in [-0.15, -0.1) is 0 Å². The molecule has 0 bridgehead atoms. The van der Waals surface area contributed by atoms with Gasteiger partial charge in [0.15, 0.2) is 16.9 Å². The highest BCUT2D eigenvalue weighted by Crippen LogP contribution is 2.41. The molecule has 1 radical (unpaired) electrons. The summed E-state index contributed by atoms with van der Waals surface area (Å²) < 4.78 is 6.48. The van der Waals surface area contributed by atoms with Crippen LogP contribution in [0.5, 0.6) is 0 Å². The van der Waals surface area contributed by atoms with Crippen molar-refractivity contribution in [3.8, 4) is 22.3 Å². The summed E-state index contributed by atoms with van der Waals surface area (Å²) in [4.78, 5) is 5.12. The van der Waals surface area contributed by atoms with Gasteiger partial charge in [0, 0.05) is 43.7 Å². The van der Waals surface area contributed by atoms with Crippen molar-refractivity contribution in [1.82, 2.24) is 0 Å². The Kier molecular flexibility index (Phi) is 9.37. The normalized spacial score (nSPS) is 13.5. The lowest BCUT2D eigenvalue weighted by Gasteiger charge is -2.46. The van der Waals surface area contributed by atoms with Gasteiger partial charge in [-0.3, -0.25) is 0 Å². The van der Waals surface area contributed by atoms with Crippen molar-refractivity contribution in [3.63, 3.8) is 0 Å². The van der Waals surface area contributed by atoms with Crippen LogP contribution < -0.4 is 41.2 Å². The molecule has 0 saturated carbocycles. The van der Waals surface area contributed by atoms with Crippen molar-refractivity contribution in [2.24, 2.45) is 0 Å². The molecule has 0 amide bonds. The Hall–Kier alpha value is -7.94. The standard InChI is InChI=1S/C64H42NOSSi2/c1-2-17-50(18-3-1)68-59-25-10-13-28-63(59)69(61-26-11-8-23-57(61)67-58-24-9-12-27-62(58)69)64-40-33-46(41-60(64)68)43-29-34-47(35-30-43)65(49-38-39-54-53-20-6-7-22-55(53)66-56(54)42-49)48-36-31-45(32-37-48)52-21-14-16-44-15-4-5-19-51(44)52/h1-42H. The van der Waals surface area contributed by atoms with Crippen molar-refractivity contribution in [2.45, 2.75) is 9.79 Å². The van der Waals surface area contributed by atoms with E-state index in [0.29, 0.717) is 0 Å². The second-order valence-electron chi connectivity index (χ2n) is 18.1. The van der Waals surface area contributed by atoms with Crippen LogP contribution in [0.4, 0.5) is 17.1 Å². The van der Waals surface area contributed by atoms with Gasteiger partial charge >= 0.3 is 0 Å². The largest absolute Gasteiger partial charge is 0.456 e. The third-order valence-electron chi connectivity index (χ3n) is 14.5. The van der Waals surface area contributed by atoms with Gasteiger partial charge in [0.1, 0.15) is 11.2 Å². The number of furan rings is 1. The molecule has 14 rings (SSSR count). The molecule has 3 heterocycles. The maximum absolute atomic E-state index is 6.48. The Balaban J connectivity index is 0.919. The summed E-state index contributed by atoms with van der Waals surface area (Å²) in [7, 11) is -4.12. The van der Waals surface area contributed by atoms with E-state index in [2.05, 4.69) is 254 Å². The van der Waals surface area contributed by atoms with E-state index in [1.54, 1.807) is 5.19 Å². The summed E-state index contributed by atoms with van der Waals surface area (Å²) in [5.74, 6) is 0. The van der Waals surface area contributed by atoms with Gasteiger partial charge in [0.05, 0.1) is 0 Å². The first-order valence-corrected chi connectivity index (χ1v) is 28.0. The third kappa shape index (κ3) is 6.32. The van der Waals surface area contributed by atoms with Crippen molar-refractivity contribution in [2.75, 3.05) is 4.90 Å². The number of benzene rings is 11. The number of anilines is 3. The highest BCUT2D eigenvalue weighted by atomic mass is 32.2. The zero-order valence-corrected chi connectivity index (χ0v) is 40.3. The fourth-order valence-electron chi connectivity index (χ4n) is 11.4. The maximum atomic E-state index is 6.48. The Morgan fingerprint density at radius 2 is 0.928 bits per heavy atom. The zero-order chi connectivity index (χ0) is 45.5. The van der Waals surface area contributed by atoms with Crippen LogP contribution in [0.2, 0.25) is 0 Å². The molecule has 2 aliphatic heterocycles. The van der Waals surface area contributed by atoms with E-state index >= 15 is 0 Å². The fourth-order valence-corrected chi connectivity index (χ4v) is 23.1. The molecule has 0 saturated heterocycles. The summed E-state index contributed by atoms with van der Waals surface area (Å²) in [6.45, 7) is 0. The van der Waals surface area contributed by atoms with E-state index in [4.69, 9.17) is 4.42 Å². The van der Waals surface area contributed by atoms with E-state index in [1.165, 1.54) is 73.9 Å². The first-order chi connectivity index (χ1) is 34.2. The Labute approximate surface area is 408 Å². The van der Waals surface area contributed by atoms with Gasteiger partial charge in [-0.1, -0.05) is 216 Å². The average molecular weight is 929 g/mol. The van der Waals surface area contributed by atoms with Gasteiger partial charge in [0.25, 0.3) is 0 Å². The van der Waals surface area contributed by atoms with Crippen LogP contribution in [-0.4, -0.2) is 16.9 Å². The molecule has 323 valence electrons. The van der Waals surface area contributed by atoms with Crippen LogP contribution in [0.1, 0.15) is 0 Å². The Bertz CT molecular complexity index is 3910. The van der Waals surface area contributed by atoms with Crippen LogP contribution in [0.15, 0.2) is 269 Å². The van der Waals surface area contributed by atoms with Crippen LogP contribution in [0.3, 0.4) is 0 Å². The number of fused-ring (bicyclic) bond motifs is 12. The van der Waals surface area contributed by atoms with Crippen LogP contribution in [0.25, 0.3) is 55.0 Å². The number of hydrogen-bond acceptors (Lipinski definition) is 3. The molecule has 0 unspecified atom stereocenters. The topological polar surface area (TPSA) is 16.4 Å². The molecule has 12 aromatic rings. The third-order valence-corrected chi connectivity index (χ3v) is 24.3. The molecule has 0 aliphatic carbocycles. The van der Waals surface area contributed by atoms with Crippen molar-refractivity contribution in [3.05, 3.63) is 255 Å². The Morgan fingerprint density at radius 1 is 0.362 bits per heavy atom. The fraction of sp³-hybridized carbons (Fsp3) is 0. The van der Waals surface area contributed by atoms with E-state index in [9.17, 15) is 0 Å². The van der Waals surface area contributed by atoms with E-state index in [1.807, 2.05) is 17.8 Å². The molecule has 2 aliphatic rings. The summed E-state index contributed by atoms with van der Waals surface area (Å²) >= 11 is 1.93. The van der Waals surface area contributed by atoms with Gasteiger partial charge < -0.3 is 9.32 Å². The summed E-state index contributed by atoms with van der Waals surface area (Å²) in [5, 5.41) is 15.2. The lowest BCUT2D eigenvalue weighted by atomic mass is 9.98. The SMILES string of the molecule is c1ccc([Si]2c3ccccc3[Si]3(c4ccccc4Sc4ccccc43)c3ccc(-c4ccc(N(c5ccc(-c6cccc7ccccc67)cc5)c5ccc6c(c5)oc5ccccc56)cc4)cc32)cc1. The molecule has 5 heteroatoms. The van der Waals surface area contributed by atoms with Crippen LogP contribution in [-0.2, 0) is 0 Å². The van der Waals surface area contributed by atoms with Crippen molar-refractivity contribution in [1.29, 1.82) is 0 Å². The molecule has 0 atom stereocenters. The number of hydrogen-bond donors (Lipinski definition) is 0. The van der Waals surface area contributed by atoms with E-state index in [0.717, 1.165) is 39.0 Å². The summed E-state index contributed by atoms with van der Waals surface area (Å²) in [6, 6.07) is 95.2. The van der Waals surface area contributed by atoms with E-state index < -0.39 is 16.9 Å². The number of nitrogens with zero attached hydrogens (tertiary/aromatic N) is 1. The highest BCUT2D eigenvalue weighted by Gasteiger charge is 2.53. The Morgan fingerprint density at radius 3 is 1.70 bits per heavy atom. The quantitative estimate of drug-likeness (QED) is 0.155. The minimum absolute atomic E-state index is 0.873. The maximum Gasteiger partial charge on any atom is 0.181 e. The molecule has 1 spiro atoms. The summed E-state index contributed by atoms with van der Waals surface area (Å²) in [6.07, 6.45) is 0. The minimum Gasteiger partial charge on any atom is -0.456 e. The molecular formula is C64H42NOSSi2. The van der Waals surface area contributed by atoms with Crippen LogP contribution >= 0.6 is 11.8 Å². The highest BCUT2D eigenvalue weighted by molar-refractivity contribution is 8.00. The molecule has 11 aromatic carbocycles. The molecule has 69 heavy (non-hydrogen) atoms. The number of rotatable bonds is 6. The predicted molar refractivity (Wildman–Crippen MR) is 296 cm³/mol. The second-order valence-corrected chi connectivity index (χ2v) is 25.3. The lowest BCUT2D eigenvalue weighted by Crippen LogP contribution is -2.87. The predicted octanol–water partition coefficient (Wildman–Crippen LogP) is 12.2. The van der Waals surface area contributed by atoms with Crippen molar-refractivity contribution >= 4 is 115 Å².